The number of carbonyl (C=O) groups is 2. The number of amides is 2. The van der Waals surface area contributed by atoms with Gasteiger partial charge >= 0.3 is 6.61 Å². The van der Waals surface area contributed by atoms with E-state index in [2.05, 4.69) is 20.0 Å². The Bertz CT molecular complexity index is 1600. The average molecular weight is 597 g/mol. The maximum atomic E-state index is 15.7. The highest BCUT2D eigenvalue weighted by Crippen LogP contribution is 2.39. The monoisotopic (exact) mass is 596 g/mol. The molecule has 6 rings (SSSR count). The van der Waals surface area contributed by atoms with Crippen molar-refractivity contribution in [1.29, 1.82) is 0 Å². The van der Waals surface area contributed by atoms with Gasteiger partial charge in [-0.05, 0) is 44.0 Å². The van der Waals surface area contributed by atoms with Crippen LogP contribution in [0.15, 0.2) is 70.3 Å². The van der Waals surface area contributed by atoms with Crippen molar-refractivity contribution in [2.75, 3.05) is 31.6 Å². The minimum absolute atomic E-state index is 0.0375. The number of amidine groups is 1. The number of rotatable bonds is 7. The van der Waals surface area contributed by atoms with Crippen molar-refractivity contribution in [3.8, 4) is 5.75 Å². The highest BCUT2D eigenvalue weighted by molar-refractivity contribution is 6.05. The number of likely N-dealkylation sites (tertiary alicyclic amines) is 1. The quantitative estimate of drug-likeness (QED) is 0.371. The first kappa shape index (κ1) is 28.7. The van der Waals surface area contributed by atoms with Gasteiger partial charge in [0.2, 0.25) is 11.6 Å². The molecule has 11 nitrogen and oxygen atoms in total. The summed E-state index contributed by atoms with van der Waals surface area (Å²) in [6, 6.07) is 6.20. The van der Waals surface area contributed by atoms with E-state index in [1.165, 1.54) is 30.6 Å². The van der Waals surface area contributed by atoms with Crippen LogP contribution in [0.25, 0.3) is 0 Å². The van der Waals surface area contributed by atoms with E-state index in [0.29, 0.717) is 37.7 Å². The van der Waals surface area contributed by atoms with Gasteiger partial charge in [0.05, 0.1) is 36.6 Å². The number of aliphatic imine (C=N–C) groups is 2. The highest BCUT2D eigenvalue weighted by Gasteiger charge is 2.49. The molecule has 0 radical (unpaired) electrons. The van der Waals surface area contributed by atoms with Crippen molar-refractivity contribution in [3.05, 3.63) is 77.3 Å². The van der Waals surface area contributed by atoms with Crippen LogP contribution in [0.2, 0.25) is 0 Å². The number of nitrogens with zero attached hydrogens (tertiary/aromatic N) is 5. The van der Waals surface area contributed by atoms with Gasteiger partial charge in [-0.2, -0.15) is 19.6 Å². The van der Waals surface area contributed by atoms with Crippen LogP contribution in [0.3, 0.4) is 0 Å². The average Bonchev–Trinajstić information content (AvgIpc) is 3.28. The lowest BCUT2D eigenvalue weighted by Gasteiger charge is -2.42. The Morgan fingerprint density at radius 3 is 2.79 bits per heavy atom. The second kappa shape index (κ2) is 11.0. The molecule has 4 aliphatic rings. The fourth-order valence-corrected chi connectivity index (χ4v) is 5.67. The van der Waals surface area contributed by atoms with Gasteiger partial charge in [0.1, 0.15) is 29.3 Å². The minimum Gasteiger partial charge on any atom is -0.435 e. The summed E-state index contributed by atoms with van der Waals surface area (Å²) in [6.07, 6.45) is 7.45. The first-order chi connectivity index (χ1) is 20.6. The molecule has 4 aliphatic heterocycles. The molecular weight excluding hydrogens is 567 g/mol. The third kappa shape index (κ3) is 5.32. The molecule has 1 unspecified atom stereocenters. The number of hydrogen-bond donors (Lipinski definition) is 2. The smallest absolute Gasteiger partial charge is 0.387 e. The Morgan fingerprint density at radius 1 is 1.26 bits per heavy atom. The molecule has 43 heavy (non-hydrogen) atoms. The molecule has 2 aromatic rings. The molecule has 1 aromatic heterocycles. The van der Waals surface area contributed by atoms with Gasteiger partial charge in [-0.15, -0.1) is 4.59 Å². The first-order valence-corrected chi connectivity index (χ1v) is 13.7. The van der Waals surface area contributed by atoms with E-state index < -0.39 is 28.3 Å². The zero-order valence-corrected chi connectivity index (χ0v) is 23.2. The highest BCUT2D eigenvalue weighted by atomic mass is 19.3. The summed E-state index contributed by atoms with van der Waals surface area (Å²) in [5.74, 6) is 5.23. The normalized spacial score (nSPS) is 24.0. The molecule has 2 saturated heterocycles. The molecule has 3 N–H and O–H groups in total. The molecule has 5 heterocycles. The second-order valence-electron chi connectivity index (χ2n) is 11.1. The number of pyridine rings is 1. The molecule has 224 valence electrons. The molecule has 2 atom stereocenters. The molecule has 1 aromatic carbocycles. The predicted molar refractivity (Wildman–Crippen MR) is 149 cm³/mol. The number of benzene rings is 1. The van der Waals surface area contributed by atoms with Gasteiger partial charge in [-0.25, -0.2) is 9.37 Å². The third-order valence-corrected chi connectivity index (χ3v) is 7.95. The van der Waals surface area contributed by atoms with Crippen LogP contribution in [0.5, 0.6) is 5.75 Å². The van der Waals surface area contributed by atoms with Gasteiger partial charge in [0.15, 0.2) is 0 Å². The summed E-state index contributed by atoms with van der Waals surface area (Å²) in [5, 5.41) is 2.45. The predicted octanol–water partition coefficient (Wildman–Crippen LogP) is 3.57. The lowest BCUT2D eigenvalue weighted by molar-refractivity contribution is -0.750. The van der Waals surface area contributed by atoms with Crippen molar-refractivity contribution in [2.24, 2.45) is 27.2 Å². The number of fused-ring (bicyclic) bond motifs is 1. The van der Waals surface area contributed by atoms with Crippen LogP contribution in [-0.4, -0.2) is 71.3 Å². The first-order valence-electron chi connectivity index (χ1n) is 13.7. The van der Waals surface area contributed by atoms with Crippen molar-refractivity contribution < 1.29 is 36.8 Å². The van der Waals surface area contributed by atoms with E-state index in [1.54, 1.807) is 12.4 Å². The van der Waals surface area contributed by atoms with E-state index in [4.69, 9.17) is 15.6 Å². The summed E-state index contributed by atoms with van der Waals surface area (Å²) in [5.41, 5.74) is 0.733. The number of piperidine rings is 1. The number of carbonyl (C=O) groups excluding carboxylic acids is 2. The maximum Gasteiger partial charge on any atom is 0.387 e. The van der Waals surface area contributed by atoms with Crippen LogP contribution >= 0.6 is 0 Å². The number of ether oxygens (including phenoxy) is 2. The zero-order valence-electron chi connectivity index (χ0n) is 23.2. The molecule has 0 saturated carbocycles. The molecular formula is C29H29F3N7O4+. The summed E-state index contributed by atoms with van der Waals surface area (Å²) in [4.78, 5) is 40.9. The Morgan fingerprint density at radius 2 is 2.07 bits per heavy atom. The molecule has 2 fully saturated rings. The zero-order chi connectivity index (χ0) is 30.4. The number of nitrogens with two attached hydrogens (primary N) is 1. The molecule has 0 spiro atoms. The number of aromatic nitrogens is 1. The summed E-state index contributed by atoms with van der Waals surface area (Å²) >= 11 is 0. The topological polar surface area (TPSA) is 132 Å². The molecule has 2 amide bonds. The largest absolute Gasteiger partial charge is 0.435 e. The van der Waals surface area contributed by atoms with E-state index in [0.717, 1.165) is 25.0 Å². The van der Waals surface area contributed by atoms with Crippen LogP contribution in [0.4, 0.5) is 19.0 Å². The number of anilines is 1. The van der Waals surface area contributed by atoms with Crippen LogP contribution in [0, 0.1) is 17.2 Å². The standard InChI is InChI=1S/C29H28F3N7O4/c1-29(15-42-16-29)27(41)38-9-2-3-18(14-38)24-22-13-34-8-10-39(22,33)25(37-24)20-5-4-17(11-21(20)30)26(40)36-23-12-19(6-7-35-23)43-28(31)32/h4-8,10-13,18,28H,2-3,9,14-16,33H2,1H3/p+1/t18-,39?/m1/s1. The van der Waals surface area contributed by atoms with Gasteiger partial charge in [0, 0.05) is 36.8 Å². The van der Waals surface area contributed by atoms with E-state index >= 15 is 4.39 Å². The Labute approximate surface area is 244 Å². The molecule has 0 aliphatic carbocycles. The van der Waals surface area contributed by atoms with Crippen molar-refractivity contribution in [3.63, 3.8) is 0 Å². The SMILES string of the molecule is CC1(C(=O)N2CCC[C@@H](C3=C4C=NC=C[N+]4(N)C(c4ccc(C(=O)Nc5cc(OC(F)F)ccn5)cc4F)=N3)C2)COC1. The van der Waals surface area contributed by atoms with E-state index in [-0.39, 0.29) is 40.4 Å². The number of nitrogens with one attached hydrogen (secondary N) is 1. The number of alkyl halides is 2. The van der Waals surface area contributed by atoms with Gasteiger partial charge in [0.25, 0.3) is 11.7 Å². The van der Waals surface area contributed by atoms with Gasteiger partial charge in [-0.3, -0.25) is 14.6 Å². The fraction of sp³-hybridized carbons (Fsp3) is 0.345. The lowest BCUT2D eigenvalue weighted by atomic mass is 9.85. The Hall–Kier alpha value is -4.40. The van der Waals surface area contributed by atoms with E-state index in [1.807, 2.05) is 11.8 Å². The number of halogens is 3. The maximum absolute atomic E-state index is 15.7. The minimum atomic E-state index is -3.04. The fourth-order valence-electron chi connectivity index (χ4n) is 5.67. The van der Waals surface area contributed by atoms with Crippen LogP contribution < -0.4 is 15.9 Å². The molecule has 0 bridgehead atoms. The van der Waals surface area contributed by atoms with Crippen molar-refractivity contribution in [2.45, 2.75) is 26.4 Å². The Balaban J connectivity index is 1.25. The second-order valence-corrected chi connectivity index (χ2v) is 11.1. The molecule has 14 heteroatoms. The van der Waals surface area contributed by atoms with E-state index in [9.17, 15) is 18.4 Å². The summed E-state index contributed by atoms with van der Waals surface area (Å²) in [7, 11) is 0. The van der Waals surface area contributed by atoms with Crippen LogP contribution in [-0.2, 0) is 9.53 Å². The summed E-state index contributed by atoms with van der Waals surface area (Å²) < 4.78 is 49.9. The summed E-state index contributed by atoms with van der Waals surface area (Å²) in [6.45, 7) is 0.735. The number of allylic oxidation sites excluding steroid dienone is 1. The van der Waals surface area contributed by atoms with Gasteiger partial charge < -0.3 is 19.7 Å². The van der Waals surface area contributed by atoms with Gasteiger partial charge in [-0.1, -0.05) is 0 Å². The number of quaternary nitrogens is 1. The van der Waals surface area contributed by atoms with Crippen molar-refractivity contribution >= 4 is 29.7 Å². The Kier molecular flexibility index (Phi) is 7.36. The lowest BCUT2D eigenvalue weighted by Crippen LogP contribution is -2.55. The van der Waals surface area contributed by atoms with Crippen molar-refractivity contribution in [1.82, 2.24) is 9.88 Å². The third-order valence-electron chi connectivity index (χ3n) is 7.95. The number of hydrogen-bond acceptors (Lipinski definition) is 8. The van der Waals surface area contributed by atoms with Crippen LogP contribution in [0.1, 0.15) is 35.7 Å².